The summed E-state index contributed by atoms with van der Waals surface area (Å²) in [5.74, 6) is 0.651. The molecule has 12 rings (SSSR count). The van der Waals surface area contributed by atoms with E-state index in [2.05, 4.69) is 173 Å². The SMILES string of the molecule is c1ccc(-n2c3ccccc3c3c(-c4nc(-c5ccc(-n6c7ccccc7c7cc8ccccc8cc76)cc5)nc5c4oc4ccccc45)cccc32)cc1. The van der Waals surface area contributed by atoms with E-state index < -0.39 is 0 Å². The van der Waals surface area contributed by atoms with Gasteiger partial charge in [-0.2, -0.15) is 0 Å². The molecule has 0 aliphatic heterocycles. The fourth-order valence-corrected chi connectivity index (χ4v) is 8.67. The van der Waals surface area contributed by atoms with Crippen molar-refractivity contribution in [3.05, 3.63) is 182 Å². The maximum absolute atomic E-state index is 6.63. The summed E-state index contributed by atoms with van der Waals surface area (Å²) in [5.41, 5.74) is 11.8. The molecule has 12 aromatic rings. The predicted octanol–water partition coefficient (Wildman–Crippen LogP) is 13.1. The number of furan rings is 1. The molecule has 0 aliphatic carbocycles. The number of para-hydroxylation sites is 4. The molecule has 8 aromatic carbocycles. The van der Waals surface area contributed by atoms with Crippen molar-refractivity contribution in [2.24, 2.45) is 0 Å². The molecular formula is C50H30N4O. The van der Waals surface area contributed by atoms with Crippen LogP contribution in [0.25, 0.3) is 110 Å². The minimum atomic E-state index is 0.651. The molecule has 0 radical (unpaired) electrons. The molecule has 0 aliphatic rings. The Balaban J connectivity index is 1.08. The minimum Gasteiger partial charge on any atom is -0.452 e. The Kier molecular flexibility index (Phi) is 6.27. The fraction of sp³-hybridized carbons (Fsp3) is 0. The topological polar surface area (TPSA) is 48.8 Å². The van der Waals surface area contributed by atoms with E-state index in [1.165, 1.54) is 32.6 Å². The smallest absolute Gasteiger partial charge is 0.180 e. The second kappa shape index (κ2) is 11.5. The van der Waals surface area contributed by atoms with Crippen molar-refractivity contribution in [1.82, 2.24) is 19.1 Å². The lowest BCUT2D eigenvalue weighted by atomic mass is 10.0. The van der Waals surface area contributed by atoms with Crippen LogP contribution in [0, 0.1) is 0 Å². The predicted molar refractivity (Wildman–Crippen MR) is 226 cm³/mol. The van der Waals surface area contributed by atoms with E-state index in [0.29, 0.717) is 11.4 Å². The summed E-state index contributed by atoms with van der Waals surface area (Å²) in [4.78, 5) is 10.6. The van der Waals surface area contributed by atoms with E-state index in [0.717, 1.165) is 66.5 Å². The van der Waals surface area contributed by atoms with Gasteiger partial charge in [-0.05, 0) is 89.6 Å². The van der Waals surface area contributed by atoms with Gasteiger partial charge in [0.05, 0.1) is 22.1 Å². The van der Waals surface area contributed by atoms with Gasteiger partial charge in [0.1, 0.15) is 16.8 Å². The lowest BCUT2D eigenvalue weighted by molar-refractivity contribution is 0.667. The van der Waals surface area contributed by atoms with E-state index in [9.17, 15) is 0 Å². The molecule has 0 spiro atoms. The van der Waals surface area contributed by atoms with Gasteiger partial charge in [-0.3, -0.25) is 0 Å². The van der Waals surface area contributed by atoms with Gasteiger partial charge in [0, 0.05) is 49.4 Å². The van der Waals surface area contributed by atoms with E-state index in [4.69, 9.17) is 14.4 Å². The molecule has 0 bridgehead atoms. The Labute approximate surface area is 315 Å². The number of hydrogen-bond acceptors (Lipinski definition) is 3. The standard InChI is InChI=1S/C50H30N4O/c1-2-15-34(16-3-1)53-42-22-10-7-18-37(42)46-39(20-12-23-43(46)53)48-49-47(38-19-8-11-24-45(38)55-49)51-50(52-48)31-25-27-35(28-26-31)54-41-21-9-6-17-36(41)40-29-32-13-4-5-14-33(32)30-44(40)54/h1-30H. The summed E-state index contributed by atoms with van der Waals surface area (Å²) in [7, 11) is 0. The van der Waals surface area contributed by atoms with Crippen LogP contribution in [0.2, 0.25) is 0 Å². The van der Waals surface area contributed by atoms with Gasteiger partial charge in [0.15, 0.2) is 11.4 Å². The van der Waals surface area contributed by atoms with Crippen LogP contribution in [-0.2, 0) is 0 Å². The summed E-state index contributed by atoms with van der Waals surface area (Å²) in [6.45, 7) is 0. The summed E-state index contributed by atoms with van der Waals surface area (Å²) in [5, 5.41) is 8.19. The highest BCUT2D eigenvalue weighted by atomic mass is 16.3. The van der Waals surface area contributed by atoms with Crippen LogP contribution >= 0.6 is 0 Å². The number of hydrogen-bond donors (Lipinski definition) is 0. The Morgan fingerprint density at radius 3 is 1.85 bits per heavy atom. The number of fused-ring (bicyclic) bond motifs is 10. The van der Waals surface area contributed by atoms with E-state index in [1.807, 2.05) is 18.2 Å². The number of aromatic nitrogens is 4. The minimum absolute atomic E-state index is 0.651. The molecule has 55 heavy (non-hydrogen) atoms. The van der Waals surface area contributed by atoms with Gasteiger partial charge in [-0.1, -0.05) is 103 Å². The molecule has 0 unspecified atom stereocenters. The second-order valence-corrected chi connectivity index (χ2v) is 14.2. The summed E-state index contributed by atoms with van der Waals surface area (Å²) >= 11 is 0. The second-order valence-electron chi connectivity index (χ2n) is 14.2. The zero-order valence-corrected chi connectivity index (χ0v) is 29.5. The first-order valence-corrected chi connectivity index (χ1v) is 18.6. The highest BCUT2D eigenvalue weighted by Crippen LogP contribution is 2.42. The Morgan fingerprint density at radius 1 is 0.418 bits per heavy atom. The van der Waals surface area contributed by atoms with E-state index in [1.54, 1.807) is 0 Å². The third kappa shape index (κ3) is 4.41. The van der Waals surface area contributed by atoms with Gasteiger partial charge in [-0.15, -0.1) is 0 Å². The largest absolute Gasteiger partial charge is 0.452 e. The molecule has 4 heterocycles. The molecule has 4 aromatic heterocycles. The van der Waals surface area contributed by atoms with Crippen LogP contribution in [0.3, 0.4) is 0 Å². The van der Waals surface area contributed by atoms with Gasteiger partial charge < -0.3 is 13.6 Å². The summed E-state index contributed by atoms with van der Waals surface area (Å²) < 4.78 is 11.3. The van der Waals surface area contributed by atoms with Crippen LogP contribution in [0.1, 0.15) is 0 Å². The monoisotopic (exact) mass is 702 g/mol. The molecule has 0 fully saturated rings. The summed E-state index contributed by atoms with van der Waals surface area (Å²) in [6.07, 6.45) is 0. The molecule has 0 atom stereocenters. The maximum atomic E-state index is 6.63. The first kappa shape index (κ1) is 30.0. The number of rotatable bonds is 4. The molecule has 0 saturated heterocycles. The molecule has 0 saturated carbocycles. The van der Waals surface area contributed by atoms with Gasteiger partial charge >= 0.3 is 0 Å². The normalized spacial score (nSPS) is 12.0. The highest BCUT2D eigenvalue weighted by molar-refractivity contribution is 6.18. The zero-order chi connectivity index (χ0) is 36.0. The lowest BCUT2D eigenvalue weighted by Crippen LogP contribution is -1.97. The lowest BCUT2D eigenvalue weighted by Gasteiger charge is -2.11. The average Bonchev–Trinajstić information content (AvgIpc) is 3.90. The van der Waals surface area contributed by atoms with Crippen LogP contribution in [-0.4, -0.2) is 19.1 Å². The Hall–Kier alpha value is -7.50. The molecule has 0 amide bonds. The number of benzene rings is 8. The van der Waals surface area contributed by atoms with E-state index in [-0.39, 0.29) is 0 Å². The molecule has 0 N–H and O–H groups in total. The highest BCUT2D eigenvalue weighted by Gasteiger charge is 2.23. The van der Waals surface area contributed by atoms with Crippen molar-refractivity contribution < 1.29 is 4.42 Å². The van der Waals surface area contributed by atoms with Gasteiger partial charge in [0.25, 0.3) is 0 Å². The van der Waals surface area contributed by atoms with E-state index >= 15 is 0 Å². The Bertz CT molecular complexity index is 3480. The van der Waals surface area contributed by atoms with Crippen molar-refractivity contribution >= 4 is 76.5 Å². The van der Waals surface area contributed by atoms with Crippen molar-refractivity contribution in [1.29, 1.82) is 0 Å². The van der Waals surface area contributed by atoms with Crippen LogP contribution < -0.4 is 0 Å². The number of nitrogens with zero attached hydrogens (tertiary/aromatic N) is 4. The van der Waals surface area contributed by atoms with Crippen LogP contribution in [0.15, 0.2) is 186 Å². The van der Waals surface area contributed by atoms with Crippen molar-refractivity contribution in [2.45, 2.75) is 0 Å². The van der Waals surface area contributed by atoms with Crippen LogP contribution in [0.5, 0.6) is 0 Å². The third-order valence-corrected chi connectivity index (χ3v) is 11.1. The summed E-state index contributed by atoms with van der Waals surface area (Å²) in [6, 6.07) is 64.3. The maximum Gasteiger partial charge on any atom is 0.180 e. The van der Waals surface area contributed by atoms with Crippen LogP contribution in [0.4, 0.5) is 0 Å². The Morgan fingerprint density at radius 2 is 1.04 bits per heavy atom. The zero-order valence-electron chi connectivity index (χ0n) is 29.5. The molecule has 5 nitrogen and oxygen atoms in total. The van der Waals surface area contributed by atoms with Gasteiger partial charge in [-0.25, -0.2) is 9.97 Å². The average molecular weight is 703 g/mol. The third-order valence-electron chi connectivity index (χ3n) is 11.1. The van der Waals surface area contributed by atoms with Crippen molar-refractivity contribution in [3.8, 4) is 34.0 Å². The first-order valence-electron chi connectivity index (χ1n) is 18.6. The molecule has 256 valence electrons. The quantitative estimate of drug-likeness (QED) is 0.183. The fourth-order valence-electron chi connectivity index (χ4n) is 8.67. The van der Waals surface area contributed by atoms with Gasteiger partial charge in [0.2, 0.25) is 0 Å². The first-order chi connectivity index (χ1) is 27.3. The molecular weight excluding hydrogens is 673 g/mol. The van der Waals surface area contributed by atoms with Crippen molar-refractivity contribution in [3.63, 3.8) is 0 Å². The van der Waals surface area contributed by atoms with Crippen molar-refractivity contribution in [2.75, 3.05) is 0 Å². The molecule has 5 heteroatoms.